The van der Waals surface area contributed by atoms with E-state index in [0.29, 0.717) is 57.8 Å². The van der Waals surface area contributed by atoms with Crippen molar-refractivity contribution in [3.8, 4) is 17.3 Å². The summed E-state index contributed by atoms with van der Waals surface area (Å²) in [6.45, 7) is 0.00534. The van der Waals surface area contributed by atoms with Gasteiger partial charge in [0.05, 0.1) is 16.3 Å². The molecule has 0 fully saturated rings. The van der Waals surface area contributed by atoms with Crippen molar-refractivity contribution in [3.05, 3.63) is 75.8 Å². The molecule has 0 unspecified atom stereocenters. The molecule has 0 aliphatic heterocycles. The van der Waals surface area contributed by atoms with E-state index < -0.39 is 18.4 Å². The highest BCUT2D eigenvalue weighted by Gasteiger charge is 2.17. The summed E-state index contributed by atoms with van der Waals surface area (Å²) in [4.78, 5) is 36.5. The fourth-order valence-electron chi connectivity index (χ4n) is 3.41. The van der Waals surface area contributed by atoms with Gasteiger partial charge in [0.1, 0.15) is 24.0 Å². The molecule has 0 saturated heterocycles. The number of carboxylic acids is 1. The maximum absolute atomic E-state index is 12.4. The lowest BCUT2D eigenvalue weighted by Gasteiger charge is -2.11. The summed E-state index contributed by atoms with van der Waals surface area (Å²) in [5.41, 5.74) is 2.97. The Bertz CT molecular complexity index is 1480. The second kappa shape index (κ2) is 11.0. The summed E-state index contributed by atoms with van der Waals surface area (Å²) in [7, 11) is 0. The van der Waals surface area contributed by atoms with E-state index in [-0.39, 0.29) is 5.69 Å². The molecule has 1 amide bonds. The first-order chi connectivity index (χ1) is 17.3. The van der Waals surface area contributed by atoms with Gasteiger partial charge in [0, 0.05) is 41.3 Å². The summed E-state index contributed by atoms with van der Waals surface area (Å²) in [6, 6.07) is 12.3. The molecule has 1 aromatic carbocycles. The number of aliphatic carboxylic acids is 1. The molecule has 36 heavy (non-hydrogen) atoms. The largest absolute Gasteiger partial charge is 0.480 e. The van der Waals surface area contributed by atoms with E-state index in [9.17, 15) is 9.59 Å². The predicted octanol–water partition coefficient (Wildman–Crippen LogP) is 3.83. The van der Waals surface area contributed by atoms with Gasteiger partial charge in [-0.1, -0.05) is 23.2 Å². The fraction of sp³-hybridized carbons (Fsp3) is 0.167. The van der Waals surface area contributed by atoms with Crippen LogP contribution < -0.4 is 10.6 Å². The number of carbonyl (C=O) groups excluding carboxylic acids is 1. The maximum atomic E-state index is 12.4. The maximum Gasteiger partial charge on any atom is 0.322 e. The van der Waals surface area contributed by atoms with Crippen molar-refractivity contribution in [3.63, 3.8) is 0 Å². The molecule has 12 heteroatoms. The highest BCUT2D eigenvalue weighted by atomic mass is 35.5. The van der Waals surface area contributed by atoms with E-state index in [1.54, 1.807) is 34.7 Å². The van der Waals surface area contributed by atoms with Gasteiger partial charge in [0.15, 0.2) is 0 Å². The Kier molecular flexibility index (Phi) is 7.63. The predicted molar refractivity (Wildman–Crippen MR) is 134 cm³/mol. The van der Waals surface area contributed by atoms with Crippen LogP contribution in [0.5, 0.6) is 0 Å². The minimum absolute atomic E-state index is 0.0437. The molecule has 3 heterocycles. The van der Waals surface area contributed by atoms with Crippen molar-refractivity contribution in [1.29, 1.82) is 5.26 Å². The number of aromatic nitrogens is 4. The van der Waals surface area contributed by atoms with Crippen LogP contribution in [0.4, 0.5) is 5.95 Å². The lowest BCUT2D eigenvalue weighted by atomic mass is 10.1. The van der Waals surface area contributed by atoms with Crippen LogP contribution in [0, 0.1) is 11.3 Å². The first-order valence-electron chi connectivity index (χ1n) is 10.8. The Hall–Kier alpha value is -4.20. The van der Waals surface area contributed by atoms with Gasteiger partial charge in [-0.15, -0.1) is 0 Å². The lowest BCUT2D eigenvalue weighted by Crippen LogP contribution is -2.29. The van der Waals surface area contributed by atoms with E-state index in [2.05, 4.69) is 25.6 Å². The third kappa shape index (κ3) is 5.89. The number of rotatable bonds is 9. The number of imidazole rings is 1. The number of hydrogen-bond donors (Lipinski definition) is 3. The molecular formula is C24H19Cl2N7O3. The smallest absolute Gasteiger partial charge is 0.322 e. The van der Waals surface area contributed by atoms with Crippen LogP contribution in [0.25, 0.3) is 16.9 Å². The zero-order chi connectivity index (χ0) is 25.7. The number of aryl methyl sites for hydroxylation is 1. The monoisotopic (exact) mass is 523 g/mol. The van der Waals surface area contributed by atoms with Gasteiger partial charge in [-0.05, 0) is 43.2 Å². The van der Waals surface area contributed by atoms with Crippen LogP contribution in [0.1, 0.15) is 28.2 Å². The number of carbonyl (C=O) groups is 2. The fourth-order valence-corrected chi connectivity index (χ4v) is 3.92. The Morgan fingerprint density at radius 3 is 2.67 bits per heavy atom. The summed E-state index contributed by atoms with van der Waals surface area (Å²) in [5, 5.41) is 24.2. The quantitative estimate of drug-likeness (QED) is 0.280. The number of halogens is 2. The molecule has 0 aliphatic rings. The van der Waals surface area contributed by atoms with Crippen molar-refractivity contribution in [2.45, 2.75) is 12.8 Å². The molecule has 3 aromatic heterocycles. The molecular weight excluding hydrogens is 505 g/mol. The van der Waals surface area contributed by atoms with Gasteiger partial charge in [-0.3, -0.25) is 19.0 Å². The normalized spacial score (nSPS) is 10.7. The SMILES string of the molecule is N#Cc1ccc(CCCNc2nc(-c3ccc(Cl)cc3Cl)cc3nc(C(=O)NCC(=O)O)cn23)nc1. The van der Waals surface area contributed by atoms with Gasteiger partial charge in [-0.25, -0.2) is 9.97 Å². The van der Waals surface area contributed by atoms with E-state index in [1.807, 2.05) is 12.1 Å². The second-order valence-corrected chi connectivity index (χ2v) is 8.54. The zero-order valence-corrected chi connectivity index (χ0v) is 20.2. The van der Waals surface area contributed by atoms with Crippen LogP contribution in [0.3, 0.4) is 0 Å². The van der Waals surface area contributed by atoms with Gasteiger partial charge >= 0.3 is 5.97 Å². The molecule has 182 valence electrons. The van der Waals surface area contributed by atoms with E-state index in [1.165, 1.54) is 12.4 Å². The van der Waals surface area contributed by atoms with Crippen molar-refractivity contribution >= 4 is 46.7 Å². The van der Waals surface area contributed by atoms with Crippen molar-refractivity contribution < 1.29 is 14.7 Å². The minimum Gasteiger partial charge on any atom is -0.480 e. The number of amides is 1. The average Bonchev–Trinajstić information content (AvgIpc) is 3.30. The summed E-state index contributed by atoms with van der Waals surface area (Å²) >= 11 is 12.4. The van der Waals surface area contributed by atoms with E-state index in [4.69, 9.17) is 33.6 Å². The number of carboxylic acid groups (broad SMARTS) is 1. The number of anilines is 1. The number of nitriles is 1. The zero-order valence-electron chi connectivity index (χ0n) is 18.7. The Morgan fingerprint density at radius 1 is 1.14 bits per heavy atom. The second-order valence-electron chi connectivity index (χ2n) is 7.70. The van der Waals surface area contributed by atoms with Crippen LogP contribution in [-0.2, 0) is 11.2 Å². The summed E-state index contributed by atoms with van der Waals surface area (Å²) in [5.74, 6) is -1.36. The molecule has 0 bridgehead atoms. The molecule has 3 N–H and O–H groups in total. The van der Waals surface area contributed by atoms with Crippen LogP contribution in [0.15, 0.2) is 48.8 Å². The molecule has 4 aromatic rings. The first-order valence-corrected chi connectivity index (χ1v) is 11.5. The van der Waals surface area contributed by atoms with Crippen LogP contribution in [0.2, 0.25) is 10.0 Å². The van der Waals surface area contributed by atoms with Gasteiger partial charge < -0.3 is 15.7 Å². The Morgan fingerprint density at radius 2 is 1.97 bits per heavy atom. The Balaban J connectivity index is 1.60. The molecule has 0 atom stereocenters. The van der Waals surface area contributed by atoms with Crippen LogP contribution >= 0.6 is 23.2 Å². The molecule has 10 nitrogen and oxygen atoms in total. The molecule has 0 aliphatic carbocycles. The number of nitrogens with zero attached hydrogens (tertiary/aromatic N) is 5. The lowest BCUT2D eigenvalue weighted by molar-refractivity contribution is -0.135. The van der Waals surface area contributed by atoms with Crippen LogP contribution in [-0.4, -0.2) is 49.4 Å². The first kappa shape index (κ1) is 24.9. The molecule has 4 rings (SSSR count). The van der Waals surface area contributed by atoms with E-state index >= 15 is 0 Å². The Labute approximate surface area is 215 Å². The molecule has 0 radical (unpaired) electrons. The topological polar surface area (TPSA) is 145 Å². The number of pyridine rings is 1. The molecule has 0 spiro atoms. The summed E-state index contributed by atoms with van der Waals surface area (Å²) in [6.07, 6.45) is 4.42. The number of fused-ring (bicyclic) bond motifs is 1. The van der Waals surface area contributed by atoms with Crippen molar-refractivity contribution in [2.24, 2.45) is 0 Å². The van der Waals surface area contributed by atoms with Gasteiger partial charge in [-0.2, -0.15) is 5.26 Å². The van der Waals surface area contributed by atoms with Gasteiger partial charge in [0.25, 0.3) is 5.91 Å². The minimum atomic E-state index is -1.16. The molecule has 0 saturated carbocycles. The van der Waals surface area contributed by atoms with Crippen molar-refractivity contribution in [1.82, 2.24) is 24.7 Å². The van der Waals surface area contributed by atoms with Crippen molar-refractivity contribution in [2.75, 3.05) is 18.4 Å². The highest BCUT2D eigenvalue weighted by Crippen LogP contribution is 2.31. The third-order valence-corrected chi connectivity index (χ3v) is 5.69. The number of hydrogen-bond acceptors (Lipinski definition) is 7. The number of nitrogens with one attached hydrogen (secondary N) is 2. The van der Waals surface area contributed by atoms with E-state index in [0.717, 1.165) is 5.69 Å². The summed E-state index contributed by atoms with van der Waals surface area (Å²) < 4.78 is 1.61. The standard InChI is InChI=1S/C24H19Cl2N7O3/c25-15-4-6-17(18(26)8-15)19-9-21-31-20(23(36)30-12-22(34)35)13-33(21)24(32-19)28-7-1-2-16-5-3-14(10-27)11-29-16/h3-6,8-9,11,13H,1-2,7,12H2,(H,28,32)(H,30,36)(H,34,35). The third-order valence-electron chi connectivity index (χ3n) is 5.14. The highest BCUT2D eigenvalue weighted by molar-refractivity contribution is 6.36. The number of benzene rings is 1. The average molecular weight is 524 g/mol. The van der Waals surface area contributed by atoms with Gasteiger partial charge in [0.2, 0.25) is 5.95 Å².